The Morgan fingerprint density at radius 1 is 1.33 bits per heavy atom. The van der Waals surface area contributed by atoms with E-state index in [9.17, 15) is 13.2 Å². The van der Waals surface area contributed by atoms with Gasteiger partial charge in [-0.25, -0.2) is 0 Å². The highest BCUT2D eigenvalue weighted by Crippen LogP contribution is 2.27. The van der Waals surface area contributed by atoms with Crippen molar-refractivity contribution >= 4 is 0 Å². The molecule has 0 aliphatic rings. The van der Waals surface area contributed by atoms with Gasteiger partial charge >= 0.3 is 6.36 Å². The van der Waals surface area contributed by atoms with Crippen molar-refractivity contribution in [2.75, 3.05) is 0 Å². The molecule has 84 valence electrons. The van der Waals surface area contributed by atoms with Crippen LogP contribution in [0.2, 0.25) is 0 Å². The van der Waals surface area contributed by atoms with Crippen molar-refractivity contribution in [1.29, 1.82) is 0 Å². The quantitative estimate of drug-likeness (QED) is 0.848. The number of alkyl halides is 3. The molecule has 0 amide bonds. The maximum atomic E-state index is 12.0. The van der Waals surface area contributed by atoms with Crippen LogP contribution in [0, 0.1) is 0 Å². The Labute approximate surface area is 85.3 Å². The number of rotatable bonds is 3. The smallest absolute Gasteiger partial charge is 0.405 e. The molecule has 0 fully saturated rings. The zero-order valence-corrected chi connectivity index (χ0v) is 8.14. The van der Waals surface area contributed by atoms with Gasteiger partial charge in [-0.05, 0) is 23.6 Å². The number of hydrogen-bond acceptors (Lipinski definition) is 2. The molecule has 0 unspecified atom stereocenters. The summed E-state index contributed by atoms with van der Waals surface area (Å²) in [6.07, 6.45) is -4.25. The Balaban J connectivity index is 3.01. The van der Waals surface area contributed by atoms with Gasteiger partial charge in [0.15, 0.2) is 0 Å². The van der Waals surface area contributed by atoms with E-state index >= 15 is 0 Å². The molecule has 1 aromatic rings. The molecule has 0 aliphatic heterocycles. The lowest BCUT2D eigenvalue weighted by atomic mass is 10.1. The summed E-state index contributed by atoms with van der Waals surface area (Å²) in [7, 11) is 0. The molecule has 2 nitrogen and oxygen atoms in total. The summed E-state index contributed by atoms with van der Waals surface area (Å²) in [6.45, 7) is 1.43. The van der Waals surface area contributed by atoms with Gasteiger partial charge in [-0.2, -0.15) is 0 Å². The van der Waals surface area contributed by atoms with E-state index < -0.39 is 6.36 Å². The summed E-state index contributed by atoms with van der Waals surface area (Å²) in [4.78, 5) is 0. The molecule has 0 spiro atoms. The van der Waals surface area contributed by atoms with E-state index in [1.165, 1.54) is 12.1 Å². The molecule has 0 heterocycles. The topological polar surface area (TPSA) is 29.5 Å². The van der Waals surface area contributed by atoms with E-state index in [4.69, 9.17) is 5.11 Å². The van der Waals surface area contributed by atoms with Crippen LogP contribution in [0.3, 0.4) is 0 Å². The summed E-state index contributed by atoms with van der Waals surface area (Å²) >= 11 is 0. The van der Waals surface area contributed by atoms with Crippen molar-refractivity contribution < 1.29 is 23.0 Å². The molecule has 1 N–H and O–H groups in total. The van der Waals surface area contributed by atoms with Crippen LogP contribution in [-0.2, 0) is 13.0 Å². The minimum atomic E-state index is -4.70. The van der Waals surface area contributed by atoms with Crippen LogP contribution >= 0.6 is 0 Å². The van der Waals surface area contributed by atoms with Crippen LogP contribution in [0.5, 0.6) is 5.75 Å². The second-order valence-electron chi connectivity index (χ2n) is 3.00. The molecule has 0 aromatic heterocycles. The first kappa shape index (κ1) is 11.8. The van der Waals surface area contributed by atoms with Crippen LogP contribution in [0.25, 0.3) is 0 Å². The van der Waals surface area contributed by atoms with Crippen molar-refractivity contribution in [1.82, 2.24) is 0 Å². The van der Waals surface area contributed by atoms with Crippen LogP contribution in [0.1, 0.15) is 18.1 Å². The number of aliphatic hydroxyl groups is 1. The third-order valence-electron chi connectivity index (χ3n) is 1.92. The maximum Gasteiger partial charge on any atom is 0.573 e. The largest absolute Gasteiger partial charge is 0.573 e. The van der Waals surface area contributed by atoms with Gasteiger partial charge in [-0.3, -0.25) is 0 Å². The molecule has 0 bridgehead atoms. The van der Waals surface area contributed by atoms with Crippen molar-refractivity contribution in [2.45, 2.75) is 26.3 Å². The molecule has 0 saturated heterocycles. The third-order valence-corrected chi connectivity index (χ3v) is 1.92. The van der Waals surface area contributed by atoms with Gasteiger partial charge in [-0.1, -0.05) is 19.1 Å². The Hall–Kier alpha value is -1.23. The molecule has 0 atom stereocenters. The van der Waals surface area contributed by atoms with E-state index in [0.717, 1.165) is 0 Å². The lowest BCUT2D eigenvalue weighted by Crippen LogP contribution is -2.18. The predicted molar refractivity (Wildman–Crippen MR) is 48.4 cm³/mol. The molecule has 1 rings (SSSR count). The fourth-order valence-electron chi connectivity index (χ4n) is 1.21. The van der Waals surface area contributed by atoms with Gasteiger partial charge in [0.2, 0.25) is 0 Å². The van der Waals surface area contributed by atoms with Crippen molar-refractivity contribution in [3.8, 4) is 5.75 Å². The average Bonchev–Trinajstić information content (AvgIpc) is 2.15. The highest BCUT2D eigenvalue weighted by molar-refractivity contribution is 5.37. The first-order valence-electron chi connectivity index (χ1n) is 4.44. The van der Waals surface area contributed by atoms with Gasteiger partial charge in [-0.15, -0.1) is 13.2 Å². The zero-order valence-electron chi connectivity index (χ0n) is 8.14. The first-order valence-corrected chi connectivity index (χ1v) is 4.44. The van der Waals surface area contributed by atoms with Crippen LogP contribution in [0.4, 0.5) is 13.2 Å². The molecule has 0 saturated carbocycles. The second-order valence-corrected chi connectivity index (χ2v) is 3.00. The van der Waals surface area contributed by atoms with E-state index in [-0.39, 0.29) is 12.4 Å². The highest BCUT2D eigenvalue weighted by Gasteiger charge is 2.31. The molecule has 1 aromatic carbocycles. The van der Waals surface area contributed by atoms with Crippen LogP contribution < -0.4 is 4.74 Å². The monoisotopic (exact) mass is 220 g/mol. The third kappa shape index (κ3) is 3.43. The standard InChI is InChI=1S/C10H11F3O2/c1-2-8-4-3-7(6-14)5-9(8)15-10(11,12)13/h3-5,14H,2,6H2,1H3. The number of hydrogen-bond donors (Lipinski definition) is 1. The molecular formula is C10H11F3O2. The number of ether oxygens (including phenoxy) is 1. The normalized spacial score (nSPS) is 11.5. The van der Waals surface area contributed by atoms with E-state index in [2.05, 4.69) is 4.74 Å². The summed E-state index contributed by atoms with van der Waals surface area (Å²) < 4.78 is 39.9. The minimum absolute atomic E-state index is 0.239. The van der Waals surface area contributed by atoms with Crippen LogP contribution in [0.15, 0.2) is 18.2 Å². The summed E-state index contributed by atoms with van der Waals surface area (Å²) in [5.41, 5.74) is 0.857. The van der Waals surface area contributed by atoms with Crippen molar-refractivity contribution in [3.63, 3.8) is 0 Å². The lowest BCUT2D eigenvalue weighted by molar-refractivity contribution is -0.274. The molecular weight excluding hydrogens is 209 g/mol. The lowest BCUT2D eigenvalue weighted by Gasteiger charge is -2.13. The molecule has 15 heavy (non-hydrogen) atoms. The summed E-state index contributed by atoms with van der Waals surface area (Å²) in [6, 6.07) is 4.29. The first-order chi connectivity index (χ1) is 6.96. The minimum Gasteiger partial charge on any atom is -0.405 e. The van der Waals surface area contributed by atoms with Gasteiger partial charge in [0.25, 0.3) is 0 Å². The zero-order chi connectivity index (χ0) is 11.5. The van der Waals surface area contributed by atoms with E-state index in [1.807, 2.05) is 0 Å². The van der Waals surface area contributed by atoms with Gasteiger partial charge < -0.3 is 9.84 Å². The average molecular weight is 220 g/mol. The fourth-order valence-corrected chi connectivity index (χ4v) is 1.21. The van der Waals surface area contributed by atoms with E-state index in [1.54, 1.807) is 13.0 Å². The Kier molecular flexibility index (Phi) is 3.57. The predicted octanol–water partition coefficient (Wildman–Crippen LogP) is 2.64. The van der Waals surface area contributed by atoms with Gasteiger partial charge in [0, 0.05) is 0 Å². The number of halogens is 3. The Morgan fingerprint density at radius 2 is 2.00 bits per heavy atom. The SMILES string of the molecule is CCc1ccc(CO)cc1OC(F)(F)F. The fraction of sp³-hybridized carbons (Fsp3) is 0.400. The second kappa shape index (κ2) is 4.53. The number of benzene rings is 1. The molecule has 5 heteroatoms. The highest BCUT2D eigenvalue weighted by atomic mass is 19.4. The van der Waals surface area contributed by atoms with Crippen molar-refractivity contribution in [3.05, 3.63) is 29.3 Å². The Bertz CT molecular complexity index is 334. The summed E-state index contributed by atoms with van der Waals surface area (Å²) in [5.74, 6) is -0.239. The van der Waals surface area contributed by atoms with Gasteiger partial charge in [0.1, 0.15) is 5.75 Å². The van der Waals surface area contributed by atoms with Gasteiger partial charge in [0.05, 0.1) is 6.61 Å². The van der Waals surface area contributed by atoms with E-state index in [0.29, 0.717) is 17.5 Å². The number of aliphatic hydroxyl groups excluding tert-OH is 1. The number of aryl methyl sites for hydroxylation is 1. The summed E-state index contributed by atoms with van der Waals surface area (Å²) in [5, 5.41) is 8.79. The maximum absolute atomic E-state index is 12.0. The van der Waals surface area contributed by atoms with Crippen molar-refractivity contribution in [2.24, 2.45) is 0 Å². The van der Waals surface area contributed by atoms with Crippen LogP contribution in [-0.4, -0.2) is 11.5 Å². The molecule has 0 aliphatic carbocycles. The molecule has 0 radical (unpaired) electrons. The Morgan fingerprint density at radius 3 is 2.47 bits per heavy atom.